The van der Waals surface area contributed by atoms with Crippen LogP contribution in [0.15, 0.2) is 35.1 Å². The average Bonchev–Trinajstić information content (AvgIpc) is 2.94. The smallest absolute Gasteiger partial charge is 0.293 e. The second kappa shape index (κ2) is 11.7. The van der Waals surface area contributed by atoms with Gasteiger partial charge in [-0.15, -0.1) is 0 Å². The third-order valence-corrected chi connectivity index (χ3v) is 8.11. The summed E-state index contributed by atoms with van der Waals surface area (Å²) in [6, 6.07) is 10.4. The number of nitrogens with zero attached hydrogens (tertiary/aromatic N) is 4. The molecule has 0 spiro atoms. The number of halogens is 3. The summed E-state index contributed by atoms with van der Waals surface area (Å²) in [4.78, 5) is 31.3. The lowest BCUT2D eigenvalue weighted by molar-refractivity contribution is -0.122. The van der Waals surface area contributed by atoms with E-state index >= 15 is 0 Å². The van der Waals surface area contributed by atoms with Crippen molar-refractivity contribution < 1.29 is 23.0 Å². The van der Waals surface area contributed by atoms with Gasteiger partial charge >= 0.3 is 0 Å². The van der Waals surface area contributed by atoms with E-state index in [0.717, 1.165) is 6.42 Å². The maximum Gasteiger partial charge on any atom is 0.293 e. The van der Waals surface area contributed by atoms with Gasteiger partial charge in [-0.3, -0.25) is 9.59 Å². The molecule has 2 fully saturated rings. The van der Waals surface area contributed by atoms with Crippen molar-refractivity contribution in [3.63, 3.8) is 0 Å². The number of anilines is 3. The molecule has 3 atom stereocenters. The molecule has 1 amide bonds. The summed E-state index contributed by atoms with van der Waals surface area (Å²) in [6.07, 6.45) is 0.729. The number of benzene rings is 1. The third-order valence-electron chi connectivity index (χ3n) is 7.82. The van der Waals surface area contributed by atoms with Crippen LogP contribution in [0.3, 0.4) is 0 Å². The fourth-order valence-electron chi connectivity index (χ4n) is 5.24. The van der Waals surface area contributed by atoms with E-state index in [2.05, 4.69) is 21.7 Å². The van der Waals surface area contributed by atoms with Gasteiger partial charge in [-0.25, -0.2) is 13.8 Å². The Labute approximate surface area is 246 Å². The molecular weight excluding hydrogens is 570 g/mol. The number of piperidine rings is 1. The third kappa shape index (κ3) is 5.71. The zero-order valence-corrected chi connectivity index (χ0v) is 24.2. The number of likely N-dealkylation sites (N-methyl/N-ethyl adjacent to an activating group) is 1. The molecule has 222 valence electrons. The molecule has 0 bridgehead atoms. The number of rotatable bonds is 8. The largest absolute Gasteiger partial charge is 0.478 e. The van der Waals surface area contributed by atoms with Gasteiger partial charge < -0.3 is 29.6 Å². The summed E-state index contributed by atoms with van der Waals surface area (Å²) in [5, 5.41) is 16.2. The minimum absolute atomic E-state index is 0.0181. The van der Waals surface area contributed by atoms with Gasteiger partial charge in [0, 0.05) is 49.7 Å². The molecule has 2 aromatic heterocycles. The summed E-state index contributed by atoms with van der Waals surface area (Å²) in [5.74, 6) is -4.51. The van der Waals surface area contributed by atoms with E-state index < -0.39 is 17.8 Å². The Balaban J connectivity index is 1.49. The lowest BCUT2D eigenvalue weighted by Crippen LogP contribution is -2.52. The van der Waals surface area contributed by atoms with Gasteiger partial charge in [-0.05, 0) is 36.8 Å². The number of alkyl halides is 2. The van der Waals surface area contributed by atoms with Crippen molar-refractivity contribution in [3.05, 3.63) is 51.3 Å². The second-order valence-electron chi connectivity index (χ2n) is 10.7. The van der Waals surface area contributed by atoms with Crippen molar-refractivity contribution in [2.45, 2.75) is 38.8 Å². The summed E-state index contributed by atoms with van der Waals surface area (Å²) < 4.78 is 41.7. The maximum absolute atomic E-state index is 14.5. The van der Waals surface area contributed by atoms with E-state index in [-0.39, 0.29) is 65.2 Å². The number of hydrogen-bond acceptors (Lipinski definition) is 8. The Kier molecular flexibility index (Phi) is 8.25. The summed E-state index contributed by atoms with van der Waals surface area (Å²) >= 11 is 6.49. The van der Waals surface area contributed by atoms with Crippen LogP contribution in [0.25, 0.3) is 10.9 Å². The number of pyridine rings is 2. The van der Waals surface area contributed by atoms with E-state index in [9.17, 15) is 23.6 Å². The van der Waals surface area contributed by atoms with Gasteiger partial charge in [-0.2, -0.15) is 5.26 Å². The minimum atomic E-state index is -2.82. The average molecular weight is 601 g/mol. The lowest BCUT2D eigenvalue weighted by atomic mass is 9.87. The maximum atomic E-state index is 14.5. The van der Waals surface area contributed by atoms with Gasteiger partial charge in [0.25, 0.3) is 17.4 Å². The first-order chi connectivity index (χ1) is 20.0. The summed E-state index contributed by atoms with van der Waals surface area (Å²) in [7, 11) is 1.48. The SMILES string of the molecule is CNC(=O)COc1cc2cc(Nc3nc(N4C[C@@H](C)C(F)(F)[C@@H](C)C4)c(C#N)cc3Cl)ccc2n(CC2CCO2)c1=O. The predicted octanol–water partition coefficient (Wildman–Crippen LogP) is 4.31. The van der Waals surface area contributed by atoms with E-state index in [1.54, 1.807) is 33.7 Å². The van der Waals surface area contributed by atoms with Crippen molar-refractivity contribution in [3.8, 4) is 11.8 Å². The fraction of sp³-hybridized carbons (Fsp3) is 0.448. The topological polar surface area (TPSA) is 122 Å². The first kappa shape index (κ1) is 29.5. The highest BCUT2D eigenvalue weighted by atomic mass is 35.5. The standard InChI is InChI=1S/C29H31ClF2N6O4/c1-16-12-37(13-17(2)29(16,31)32)27-19(11-33)9-22(30)26(36-27)35-20-4-5-23-18(8-20)10-24(42-15-25(39)34-3)28(40)38(23)14-21-6-7-41-21/h4-5,8-10,16-17,21H,6-7,12-15H2,1-3H3,(H,34,39)(H,35,36)/t16-,17+,21?. The lowest BCUT2D eigenvalue weighted by Gasteiger charge is -2.42. The molecule has 0 aliphatic carbocycles. The summed E-state index contributed by atoms with van der Waals surface area (Å²) in [5.41, 5.74) is 1.03. The quantitative estimate of drug-likeness (QED) is 0.392. The van der Waals surface area contributed by atoms with Crippen LogP contribution in [0.4, 0.5) is 26.1 Å². The molecule has 42 heavy (non-hydrogen) atoms. The van der Waals surface area contributed by atoms with E-state index in [4.69, 9.17) is 21.1 Å². The highest BCUT2D eigenvalue weighted by molar-refractivity contribution is 6.33. The molecule has 2 saturated heterocycles. The number of nitriles is 1. The Morgan fingerprint density at radius 1 is 1.26 bits per heavy atom. The summed E-state index contributed by atoms with van der Waals surface area (Å²) in [6.45, 7) is 3.70. The number of ether oxygens (including phenoxy) is 2. The molecule has 0 radical (unpaired) electrons. The second-order valence-corrected chi connectivity index (χ2v) is 11.2. The molecule has 1 unspecified atom stereocenters. The van der Waals surface area contributed by atoms with Crippen LogP contribution in [0.1, 0.15) is 25.8 Å². The van der Waals surface area contributed by atoms with Crippen LogP contribution in [0, 0.1) is 23.2 Å². The van der Waals surface area contributed by atoms with Crippen molar-refractivity contribution >= 4 is 45.7 Å². The number of hydrogen-bond donors (Lipinski definition) is 2. The molecule has 2 aliphatic rings. The molecule has 10 nitrogen and oxygen atoms in total. The highest BCUT2D eigenvalue weighted by Gasteiger charge is 2.47. The number of fused-ring (bicyclic) bond motifs is 1. The zero-order valence-electron chi connectivity index (χ0n) is 23.4. The molecule has 4 heterocycles. The van der Waals surface area contributed by atoms with E-state index in [1.807, 2.05) is 0 Å². The fourth-order valence-corrected chi connectivity index (χ4v) is 5.43. The van der Waals surface area contributed by atoms with Crippen LogP contribution in [-0.4, -0.2) is 60.8 Å². The molecule has 3 aromatic rings. The predicted molar refractivity (Wildman–Crippen MR) is 155 cm³/mol. The van der Waals surface area contributed by atoms with Gasteiger partial charge in [-0.1, -0.05) is 25.4 Å². The van der Waals surface area contributed by atoms with Crippen molar-refractivity contribution in [2.24, 2.45) is 11.8 Å². The molecule has 2 N–H and O–H groups in total. The Morgan fingerprint density at radius 2 is 1.98 bits per heavy atom. The zero-order chi connectivity index (χ0) is 30.2. The molecule has 2 aliphatic heterocycles. The first-order valence-electron chi connectivity index (χ1n) is 13.6. The Bertz CT molecular complexity index is 1610. The molecule has 13 heteroatoms. The molecule has 1 aromatic carbocycles. The Morgan fingerprint density at radius 3 is 2.60 bits per heavy atom. The number of carbonyl (C=O) groups is 1. The van der Waals surface area contributed by atoms with Gasteiger partial charge in [0.2, 0.25) is 0 Å². The number of carbonyl (C=O) groups excluding carboxylic acids is 1. The first-order valence-corrected chi connectivity index (χ1v) is 14.0. The normalized spacial score (nSPS) is 21.4. The highest BCUT2D eigenvalue weighted by Crippen LogP contribution is 2.40. The van der Waals surface area contributed by atoms with E-state index in [0.29, 0.717) is 29.7 Å². The van der Waals surface area contributed by atoms with Gasteiger partial charge in [0.1, 0.15) is 11.9 Å². The van der Waals surface area contributed by atoms with Crippen LogP contribution >= 0.6 is 11.6 Å². The number of nitrogens with one attached hydrogen (secondary N) is 2. The van der Waals surface area contributed by atoms with Gasteiger partial charge in [0.15, 0.2) is 18.2 Å². The van der Waals surface area contributed by atoms with Crippen LogP contribution in [0.2, 0.25) is 5.02 Å². The van der Waals surface area contributed by atoms with Crippen LogP contribution in [-0.2, 0) is 16.1 Å². The molecule has 0 saturated carbocycles. The van der Waals surface area contributed by atoms with Crippen LogP contribution in [0.5, 0.6) is 5.75 Å². The Hall–Kier alpha value is -3.95. The van der Waals surface area contributed by atoms with Crippen molar-refractivity contribution in [1.82, 2.24) is 14.9 Å². The molecule has 5 rings (SSSR count). The number of aromatic nitrogens is 2. The van der Waals surface area contributed by atoms with Crippen LogP contribution < -0.4 is 25.8 Å². The van der Waals surface area contributed by atoms with Crippen molar-refractivity contribution in [2.75, 3.05) is 43.6 Å². The number of amides is 1. The molecular formula is C29H31ClF2N6O4. The van der Waals surface area contributed by atoms with Gasteiger partial charge in [0.05, 0.1) is 28.8 Å². The minimum Gasteiger partial charge on any atom is -0.478 e. The van der Waals surface area contributed by atoms with Crippen molar-refractivity contribution in [1.29, 1.82) is 5.26 Å². The van der Waals surface area contributed by atoms with E-state index in [1.165, 1.54) is 27.0 Å². The monoisotopic (exact) mass is 600 g/mol.